The summed E-state index contributed by atoms with van der Waals surface area (Å²) >= 11 is 6.22. The Labute approximate surface area is 169 Å². The third kappa shape index (κ3) is 3.70. The van der Waals surface area contributed by atoms with Gasteiger partial charge in [0, 0.05) is 29.4 Å². The number of anilines is 1. The molecule has 0 saturated carbocycles. The molecule has 1 unspecified atom stereocenters. The van der Waals surface area contributed by atoms with E-state index in [9.17, 15) is 18.0 Å². The van der Waals surface area contributed by atoms with E-state index in [4.69, 9.17) is 16.9 Å². The van der Waals surface area contributed by atoms with E-state index in [0.717, 1.165) is 11.6 Å². The lowest BCUT2D eigenvalue weighted by molar-refractivity contribution is -0.274. The van der Waals surface area contributed by atoms with Crippen molar-refractivity contribution in [1.82, 2.24) is 4.90 Å². The second kappa shape index (κ2) is 6.85. The molecule has 2 aliphatic heterocycles. The number of likely N-dealkylation sites (tertiary alicyclic amines) is 1. The predicted molar refractivity (Wildman–Crippen MR) is 100 cm³/mol. The second-order valence-electron chi connectivity index (χ2n) is 7.24. The highest BCUT2D eigenvalue weighted by atomic mass is 35.5. The number of halogens is 4. The first-order valence-corrected chi connectivity index (χ1v) is 9.22. The van der Waals surface area contributed by atoms with E-state index < -0.39 is 11.8 Å². The summed E-state index contributed by atoms with van der Waals surface area (Å²) in [6, 6.07) is 8.95. The third-order valence-corrected chi connectivity index (χ3v) is 5.67. The minimum absolute atomic E-state index is 0.117. The van der Waals surface area contributed by atoms with Crippen molar-refractivity contribution in [2.24, 2.45) is 5.41 Å². The topological polar surface area (TPSA) is 65.4 Å². The van der Waals surface area contributed by atoms with Crippen molar-refractivity contribution in [3.05, 3.63) is 47.0 Å². The fraction of sp³-hybridized carbons (Fsp3) is 0.300. The van der Waals surface area contributed by atoms with E-state index in [0.29, 0.717) is 42.7 Å². The van der Waals surface area contributed by atoms with E-state index in [2.05, 4.69) is 16.2 Å². The number of carbonyl (C=O) groups is 1. The molecule has 150 valence electrons. The maximum absolute atomic E-state index is 12.6. The number of fused-ring (bicyclic) bond motifs is 1. The zero-order valence-electron chi connectivity index (χ0n) is 15.0. The molecule has 1 fully saturated rings. The summed E-state index contributed by atoms with van der Waals surface area (Å²) in [5.41, 5.74) is 1.82. The first-order chi connectivity index (χ1) is 13.7. The summed E-state index contributed by atoms with van der Waals surface area (Å²) in [6.07, 6.45) is -1.72. The molecule has 1 saturated heterocycles. The lowest BCUT2D eigenvalue weighted by Gasteiger charge is -2.33. The second-order valence-corrected chi connectivity index (χ2v) is 7.65. The van der Waals surface area contributed by atoms with Crippen LogP contribution in [0.2, 0.25) is 5.02 Å². The minimum atomic E-state index is -4.80. The number of benzene rings is 2. The van der Waals surface area contributed by atoms with Gasteiger partial charge >= 0.3 is 6.36 Å². The maximum Gasteiger partial charge on any atom is 0.573 e. The Morgan fingerprint density at radius 2 is 2.03 bits per heavy atom. The van der Waals surface area contributed by atoms with Crippen LogP contribution in [0.1, 0.15) is 12.0 Å². The fourth-order valence-corrected chi connectivity index (χ4v) is 4.17. The van der Waals surface area contributed by atoms with Gasteiger partial charge in [-0.25, -0.2) is 0 Å². The van der Waals surface area contributed by atoms with Gasteiger partial charge in [-0.3, -0.25) is 4.79 Å². The zero-order chi connectivity index (χ0) is 20.8. The summed E-state index contributed by atoms with van der Waals surface area (Å²) < 4.78 is 41.6. The van der Waals surface area contributed by atoms with Crippen LogP contribution in [0.25, 0.3) is 11.1 Å². The van der Waals surface area contributed by atoms with Gasteiger partial charge < -0.3 is 15.0 Å². The SMILES string of the molecule is N#CN1CCC2(Cc3cc(-c4cc(OC(F)(F)F)ccc4Cl)ccc3NC2=O)C1. The lowest BCUT2D eigenvalue weighted by atomic mass is 9.76. The van der Waals surface area contributed by atoms with Crippen LogP contribution in [-0.2, 0) is 11.2 Å². The van der Waals surface area contributed by atoms with Crippen LogP contribution >= 0.6 is 11.6 Å². The summed E-state index contributed by atoms with van der Waals surface area (Å²) in [5, 5.41) is 12.3. The molecule has 4 rings (SSSR count). The summed E-state index contributed by atoms with van der Waals surface area (Å²) in [6.45, 7) is 0.857. The Kier molecular flexibility index (Phi) is 4.58. The summed E-state index contributed by atoms with van der Waals surface area (Å²) in [5.74, 6) is -0.478. The number of nitriles is 1. The molecule has 9 heteroatoms. The molecule has 0 aromatic heterocycles. The first kappa shape index (κ1) is 19.4. The number of rotatable bonds is 2. The quantitative estimate of drug-likeness (QED) is 0.721. The minimum Gasteiger partial charge on any atom is -0.406 e. The van der Waals surface area contributed by atoms with E-state index in [-0.39, 0.29) is 16.7 Å². The summed E-state index contributed by atoms with van der Waals surface area (Å²) in [4.78, 5) is 14.2. The van der Waals surface area contributed by atoms with Crippen LogP contribution < -0.4 is 10.1 Å². The molecule has 0 aliphatic carbocycles. The van der Waals surface area contributed by atoms with Crippen LogP contribution in [0, 0.1) is 16.9 Å². The Balaban J connectivity index is 1.69. The maximum atomic E-state index is 12.6. The number of hydrogen-bond donors (Lipinski definition) is 1. The van der Waals surface area contributed by atoms with Gasteiger partial charge in [-0.1, -0.05) is 17.7 Å². The van der Waals surface area contributed by atoms with Crippen LogP contribution in [0.15, 0.2) is 36.4 Å². The Bertz CT molecular complexity index is 1030. The number of alkyl halides is 3. The van der Waals surface area contributed by atoms with E-state index in [1.165, 1.54) is 12.1 Å². The van der Waals surface area contributed by atoms with Crippen molar-refractivity contribution >= 4 is 23.2 Å². The van der Waals surface area contributed by atoms with Gasteiger partial charge in [0.05, 0.1) is 5.41 Å². The predicted octanol–water partition coefficient (Wildman–Crippen LogP) is 4.57. The van der Waals surface area contributed by atoms with E-state index in [1.54, 1.807) is 17.0 Å². The Morgan fingerprint density at radius 3 is 2.72 bits per heavy atom. The Hall–Kier alpha value is -2.92. The van der Waals surface area contributed by atoms with Crippen molar-refractivity contribution in [3.63, 3.8) is 0 Å². The number of carbonyl (C=O) groups excluding carboxylic acids is 1. The van der Waals surface area contributed by atoms with Gasteiger partial charge in [0.1, 0.15) is 5.75 Å². The molecule has 2 aromatic rings. The van der Waals surface area contributed by atoms with Crippen molar-refractivity contribution < 1.29 is 22.7 Å². The van der Waals surface area contributed by atoms with Crippen molar-refractivity contribution in [3.8, 4) is 23.1 Å². The van der Waals surface area contributed by atoms with Gasteiger partial charge in [0.25, 0.3) is 0 Å². The van der Waals surface area contributed by atoms with Crippen LogP contribution in [0.3, 0.4) is 0 Å². The van der Waals surface area contributed by atoms with E-state index in [1.807, 2.05) is 6.07 Å². The van der Waals surface area contributed by atoms with Gasteiger partial charge in [-0.2, -0.15) is 5.26 Å². The molecule has 1 amide bonds. The summed E-state index contributed by atoms with van der Waals surface area (Å²) in [7, 11) is 0. The number of ether oxygens (including phenoxy) is 1. The number of hydrogen-bond acceptors (Lipinski definition) is 4. The molecule has 2 heterocycles. The van der Waals surface area contributed by atoms with Crippen LogP contribution in [0.4, 0.5) is 18.9 Å². The molecule has 2 aromatic carbocycles. The molecule has 5 nitrogen and oxygen atoms in total. The van der Waals surface area contributed by atoms with Crippen molar-refractivity contribution in [2.75, 3.05) is 18.4 Å². The standard InChI is InChI=1S/C20H15ClF3N3O2/c21-16-3-2-14(29-20(22,23)24)8-15(16)12-1-4-17-13(7-12)9-19(18(28)26-17)5-6-27(10-19)11-25/h1-4,7-8H,5-6,9-10H2,(H,26,28). The molecule has 0 radical (unpaired) electrons. The largest absolute Gasteiger partial charge is 0.573 e. The van der Waals surface area contributed by atoms with Gasteiger partial charge in [0.2, 0.25) is 5.91 Å². The molecular weight excluding hydrogens is 407 g/mol. The molecule has 1 atom stereocenters. The molecular formula is C20H15ClF3N3O2. The van der Waals surface area contributed by atoms with Crippen molar-refractivity contribution in [1.29, 1.82) is 5.26 Å². The van der Waals surface area contributed by atoms with E-state index >= 15 is 0 Å². The molecule has 1 N–H and O–H groups in total. The number of nitrogens with one attached hydrogen (secondary N) is 1. The van der Waals surface area contributed by atoms with Crippen LogP contribution in [-0.4, -0.2) is 30.3 Å². The first-order valence-electron chi connectivity index (χ1n) is 8.84. The third-order valence-electron chi connectivity index (χ3n) is 5.34. The number of nitrogens with zero attached hydrogens (tertiary/aromatic N) is 2. The molecule has 1 spiro atoms. The van der Waals surface area contributed by atoms with Gasteiger partial charge in [-0.15, -0.1) is 13.2 Å². The average Bonchev–Trinajstić information content (AvgIpc) is 3.07. The monoisotopic (exact) mass is 421 g/mol. The highest BCUT2D eigenvalue weighted by Gasteiger charge is 2.47. The Morgan fingerprint density at radius 1 is 1.24 bits per heavy atom. The zero-order valence-corrected chi connectivity index (χ0v) is 15.8. The smallest absolute Gasteiger partial charge is 0.406 e. The van der Waals surface area contributed by atoms with Gasteiger partial charge in [-0.05, 0) is 54.3 Å². The fourth-order valence-electron chi connectivity index (χ4n) is 3.94. The molecule has 2 aliphatic rings. The highest BCUT2D eigenvalue weighted by molar-refractivity contribution is 6.33. The van der Waals surface area contributed by atoms with Gasteiger partial charge in [0.15, 0.2) is 6.19 Å². The highest BCUT2D eigenvalue weighted by Crippen LogP contribution is 2.42. The molecule has 0 bridgehead atoms. The average molecular weight is 422 g/mol. The lowest BCUT2D eigenvalue weighted by Crippen LogP contribution is -2.43. The van der Waals surface area contributed by atoms with Crippen LogP contribution in [0.5, 0.6) is 5.75 Å². The normalized spacial score (nSPS) is 20.9. The van der Waals surface area contributed by atoms with Crippen molar-refractivity contribution in [2.45, 2.75) is 19.2 Å². The molecule has 29 heavy (non-hydrogen) atoms. The number of amides is 1.